The van der Waals surface area contributed by atoms with Crippen molar-refractivity contribution in [2.75, 3.05) is 25.5 Å². The zero-order valence-corrected chi connectivity index (χ0v) is 13.9. The van der Waals surface area contributed by atoms with Gasteiger partial charge in [-0.2, -0.15) is 0 Å². The van der Waals surface area contributed by atoms with E-state index in [0.717, 1.165) is 0 Å². The van der Waals surface area contributed by atoms with E-state index in [0.29, 0.717) is 30.9 Å². The topological polar surface area (TPSA) is 89.5 Å². The van der Waals surface area contributed by atoms with Crippen molar-refractivity contribution < 1.29 is 19.1 Å². The average molecular weight is 321 g/mol. The fraction of sp³-hybridized carbons (Fsp3) is 0.562. The van der Waals surface area contributed by atoms with E-state index >= 15 is 0 Å². The van der Waals surface area contributed by atoms with Gasteiger partial charge in [0.25, 0.3) is 0 Å². The first-order chi connectivity index (χ1) is 10.8. The van der Waals surface area contributed by atoms with Crippen LogP contribution in [-0.4, -0.2) is 48.3 Å². The Morgan fingerprint density at radius 2 is 2.09 bits per heavy atom. The van der Waals surface area contributed by atoms with Crippen molar-refractivity contribution in [2.24, 2.45) is 0 Å². The maximum absolute atomic E-state index is 12.6. The Hall–Kier alpha value is -2.15. The van der Waals surface area contributed by atoms with Crippen LogP contribution in [0.3, 0.4) is 0 Å². The van der Waals surface area contributed by atoms with E-state index in [4.69, 9.17) is 4.74 Å². The van der Waals surface area contributed by atoms with Crippen LogP contribution < -0.4 is 10.6 Å². The van der Waals surface area contributed by atoms with Crippen LogP contribution in [0, 0.1) is 0 Å². The molecule has 0 spiro atoms. The quantitative estimate of drug-likeness (QED) is 0.809. The van der Waals surface area contributed by atoms with Gasteiger partial charge in [-0.15, -0.1) is 0 Å². The van der Waals surface area contributed by atoms with Crippen LogP contribution in [0.5, 0.6) is 0 Å². The van der Waals surface area contributed by atoms with Gasteiger partial charge >= 0.3 is 11.9 Å². The van der Waals surface area contributed by atoms with Gasteiger partial charge < -0.3 is 20.1 Å². The first kappa shape index (κ1) is 17.2. The van der Waals surface area contributed by atoms with Crippen molar-refractivity contribution in [3.05, 3.63) is 23.9 Å². The van der Waals surface area contributed by atoms with Crippen molar-refractivity contribution >= 4 is 17.8 Å². The number of nitrogens with one attached hydrogen (secondary N) is 2. The number of rotatable bonds is 4. The number of esters is 2. The highest BCUT2D eigenvalue weighted by atomic mass is 16.6. The standard InChI is InChI=1S/C16H23N3O4/c1-15(2,3)23-14(21)16(7-8-17-10-16)19-12-6-5-11(9-18-12)13(20)22-4/h5-6,9,17H,7-8,10H2,1-4H3,(H,18,19)/t16-/m1/s1. The van der Waals surface area contributed by atoms with Crippen molar-refractivity contribution in [3.63, 3.8) is 0 Å². The molecule has 1 atom stereocenters. The first-order valence-corrected chi connectivity index (χ1v) is 7.52. The molecule has 0 aliphatic carbocycles. The van der Waals surface area contributed by atoms with Gasteiger partial charge in [0.1, 0.15) is 11.4 Å². The number of anilines is 1. The minimum Gasteiger partial charge on any atom is -0.465 e. The van der Waals surface area contributed by atoms with Crippen molar-refractivity contribution in [2.45, 2.75) is 38.3 Å². The molecule has 0 bridgehead atoms. The predicted octanol–water partition coefficient (Wildman–Crippen LogP) is 1.35. The lowest BCUT2D eigenvalue weighted by Gasteiger charge is -2.31. The summed E-state index contributed by atoms with van der Waals surface area (Å²) in [6, 6.07) is 3.25. The van der Waals surface area contributed by atoms with E-state index in [-0.39, 0.29) is 5.97 Å². The summed E-state index contributed by atoms with van der Waals surface area (Å²) < 4.78 is 10.2. The molecule has 1 aliphatic heterocycles. The Bertz CT molecular complexity index is 572. The SMILES string of the molecule is COC(=O)c1ccc(N[C@]2(C(=O)OC(C)(C)C)CCNC2)nc1. The third-order valence-corrected chi connectivity index (χ3v) is 3.50. The van der Waals surface area contributed by atoms with Crippen molar-refractivity contribution in [3.8, 4) is 0 Å². The molecule has 1 fully saturated rings. The minimum absolute atomic E-state index is 0.311. The Labute approximate surface area is 135 Å². The van der Waals surface area contributed by atoms with Crippen LogP contribution in [0.4, 0.5) is 5.82 Å². The second-order valence-corrected chi connectivity index (χ2v) is 6.56. The summed E-state index contributed by atoms with van der Waals surface area (Å²) in [7, 11) is 1.32. The van der Waals surface area contributed by atoms with Crippen LogP contribution >= 0.6 is 0 Å². The maximum Gasteiger partial charge on any atom is 0.339 e. The largest absolute Gasteiger partial charge is 0.465 e. The number of carbonyl (C=O) groups excluding carboxylic acids is 2. The van der Waals surface area contributed by atoms with Crippen LogP contribution in [0.15, 0.2) is 18.3 Å². The summed E-state index contributed by atoms with van der Waals surface area (Å²) in [5, 5.41) is 6.33. The normalized spacial score (nSPS) is 20.9. The van der Waals surface area contributed by atoms with Gasteiger partial charge in [0.05, 0.1) is 12.7 Å². The Kier molecular flexibility index (Phi) is 4.89. The molecule has 0 aromatic carbocycles. The van der Waals surface area contributed by atoms with Gasteiger partial charge in [0, 0.05) is 12.7 Å². The zero-order valence-electron chi connectivity index (χ0n) is 13.9. The lowest BCUT2D eigenvalue weighted by atomic mass is 9.98. The second-order valence-electron chi connectivity index (χ2n) is 6.56. The van der Waals surface area contributed by atoms with E-state index in [9.17, 15) is 9.59 Å². The predicted molar refractivity (Wildman–Crippen MR) is 85.3 cm³/mol. The lowest BCUT2D eigenvalue weighted by molar-refractivity contribution is -0.159. The highest BCUT2D eigenvalue weighted by molar-refractivity contribution is 5.89. The zero-order chi connectivity index (χ0) is 17.1. The molecule has 2 heterocycles. The fourth-order valence-corrected chi connectivity index (χ4v) is 2.35. The molecule has 2 rings (SSSR count). The third kappa shape index (κ3) is 4.19. The monoisotopic (exact) mass is 321 g/mol. The summed E-state index contributed by atoms with van der Waals surface area (Å²) in [5.74, 6) is -0.255. The van der Waals surface area contributed by atoms with E-state index in [1.54, 1.807) is 12.1 Å². The van der Waals surface area contributed by atoms with Crippen molar-refractivity contribution in [1.29, 1.82) is 0 Å². The maximum atomic E-state index is 12.6. The van der Waals surface area contributed by atoms with Gasteiger partial charge in [-0.25, -0.2) is 14.6 Å². The molecular weight excluding hydrogens is 298 g/mol. The second kappa shape index (κ2) is 6.54. The molecule has 126 valence electrons. The lowest BCUT2D eigenvalue weighted by Crippen LogP contribution is -2.51. The molecule has 23 heavy (non-hydrogen) atoms. The van der Waals surface area contributed by atoms with Gasteiger partial charge in [-0.05, 0) is 45.9 Å². The summed E-state index contributed by atoms with van der Waals surface area (Å²) in [4.78, 5) is 28.2. The smallest absolute Gasteiger partial charge is 0.339 e. The minimum atomic E-state index is -0.854. The Morgan fingerprint density at radius 3 is 2.57 bits per heavy atom. The number of hydrogen-bond donors (Lipinski definition) is 2. The van der Waals surface area contributed by atoms with Crippen LogP contribution in [0.1, 0.15) is 37.6 Å². The van der Waals surface area contributed by atoms with Gasteiger partial charge in [0.2, 0.25) is 0 Å². The van der Waals surface area contributed by atoms with Crippen molar-refractivity contribution in [1.82, 2.24) is 10.3 Å². The van der Waals surface area contributed by atoms with E-state index in [1.807, 2.05) is 20.8 Å². The first-order valence-electron chi connectivity index (χ1n) is 7.52. The third-order valence-electron chi connectivity index (χ3n) is 3.50. The molecule has 1 aliphatic rings. The molecule has 0 radical (unpaired) electrons. The number of pyridine rings is 1. The molecular formula is C16H23N3O4. The Morgan fingerprint density at radius 1 is 1.35 bits per heavy atom. The van der Waals surface area contributed by atoms with E-state index in [2.05, 4.69) is 20.4 Å². The molecule has 7 heteroatoms. The summed E-state index contributed by atoms with van der Waals surface area (Å²) in [6.07, 6.45) is 2.02. The number of nitrogens with zero attached hydrogens (tertiary/aromatic N) is 1. The fourth-order valence-electron chi connectivity index (χ4n) is 2.35. The average Bonchev–Trinajstić information content (AvgIpc) is 2.95. The molecule has 2 N–H and O–H groups in total. The van der Waals surface area contributed by atoms with Crippen LogP contribution in [0.2, 0.25) is 0 Å². The van der Waals surface area contributed by atoms with Gasteiger partial charge in [-0.1, -0.05) is 0 Å². The van der Waals surface area contributed by atoms with Crippen LogP contribution in [-0.2, 0) is 14.3 Å². The molecule has 1 saturated heterocycles. The molecule has 1 aromatic heterocycles. The van der Waals surface area contributed by atoms with E-state index in [1.165, 1.54) is 13.3 Å². The number of hydrogen-bond acceptors (Lipinski definition) is 7. The molecule has 7 nitrogen and oxygen atoms in total. The van der Waals surface area contributed by atoms with Crippen LogP contribution in [0.25, 0.3) is 0 Å². The number of ether oxygens (including phenoxy) is 2. The number of carbonyl (C=O) groups is 2. The highest BCUT2D eigenvalue weighted by Crippen LogP contribution is 2.25. The van der Waals surface area contributed by atoms with Gasteiger partial charge in [0.15, 0.2) is 5.54 Å². The highest BCUT2D eigenvalue weighted by Gasteiger charge is 2.44. The summed E-state index contributed by atoms with van der Waals surface area (Å²) in [5.41, 5.74) is -1.06. The number of methoxy groups -OCH3 is 1. The summed E-state index contributed by atoms with van der Waals surface area (Å²) in [6.45, 7) is 6.69. The van der Waals surface area contributed by atoms with E-state index < -0.39 is 17.1 Å². The number of aromatic nitrogens is 1. The van der Waals surface area contributed by atoms with Gasteiger partial charge in [-0.3, -0.25) is 0 Å². The molecule has 1 aromatic rings. The molecule has 0 amide bonds. The molecule has 0 unspecified atom stereocenters. The Balaban J connectivity index is 2.16. The molecule has 0 saturated carbocycles. The summed E-state index contributed by atoms with van der Waals surface area (Å²) >= 11 is 0.